The van der Waals surface area contributed by atoms with Gasteiger partial charge in [0.2, 0.25) is 5.91 Å². The number of halogens is 3. The second-order valence-electron chi connectivity index (χ2n) is 8.45. The van der Waals surface area contributed by atoms with E-state index >= 15 is 0 Å². The predicted molar refractivity (Wildman–Crippen MR) is 125 cm³/mol. The van der Waals surface area contributed by atoms with E-state index in [1.165, 1.54) is 17.1 Å². The van der Waals surface area contributed by atoms with Crippen molar-refractivity contribution in [1.82, 2.24) is 19.7 Å². The molecule has 1 aliphatic rings. The maximum absolute atomic E-state index is 13.4. The lowest BCUT2D eigenvalue weighted by atomic mass is 10.1. The number of aryl methyl sites for hydroxylation is 2. The van der Waals surface area contributed by atoms with Crippen LogP contribution in [0.2, 0.25) is 0 Å². The van der Waals surface area contributed by atoms with Gasteiger partial charge in [0, 0.05) is 37.4 Å². The number of carbonyl (C=O) groups is 2. The zero-order chi connectivity index (χ0) is 25.2. The molecule has 3 aromatic rings. The second-order valence-corrected chi connectivity index (χ2v) is 8.45. The van der Waals surface area contributed by atoms with Gasteiger partial charge in [-0.2, -0.15) is 18.3 Å². The number of benzene rings is 2. The summed E-state index contributed by atoms with van der Waals surface area (Å²) in [5.41, 5.74) is 1.70. The number of piperazine rings is 1. The fourth-order valence-corrected chi connectivity index (χ4v) is 4.11. The molecule has 0 radical (unpaired) electrons. The molecule has 0 aliphatic carbocycles. The van der Waals surface area contributed by atoms with Crippen LogP contribution in [0, 0.1) is 13.8 Å². The number of anilines is 1. The molecule has 2 aromatic carbocycles. The van der Waals surface area contributed by atoms with Crippen LogP contribution < -0.4 is 5.01 Å². The summed E-state index contributed by atoms with van der Waals surface area (Å²) in [4.78, 5) is 27.9. The van der Waals surface area contributed by atoms with Gasteiger partial charge in [-0.3, -0.25) is 14.3 Å². The van der Waals surface area contributed by atoms with Crippen LogP contribution in [-0.4, -0.2) is 57.7 Å². The lowest BCUT2D eigenvalue weighted by Gasteiger charge is -2.41. The Balaban J connectivity index is 1.52. The summed E-state index contributed by atoms with van der Waals surface area (Å²) in [5, 5.41) is 7.50. The van der Waals surface area contributed by atoms with Gasteiger partial charge >= 0.3 is 6.18 Å². The third kappa shape index (κ3) is 5.54. The molecule has 2 amide bonds. The molecule has 1 saturated heterocycles. The summed E-state index contributed by atoms with van der Waals surface area (Å²) < 4.78 is 40.9. The Morgan fingerprint density at radius 2 is 1.57 bits per heavy atom. The Hall–Kier alpha value is -3.66. The van der Waals surface area contributed by atoms with Crippen LogP contribution in [-0.2, 0) is 17.5 Å². The highest BCUT2D eigenvalue weighted by Crippen LogP contribution is 2.31. The van der Waals surface area contributed by atoms with Crippen molar-refractivity contribution in [2.24, 2.45) is 0 Å². The molecule has 0 atom stereocenters. The van der Waals surface area contributed by atoms with Crippen LogP contribution in [0.1, 0.15) is 27.3 Å². The van der Waals surface area contributed by atoms with E-state index in [9.17, 15) is 22.8 Å². The molecule has 1 fully saturated rings. The van der Waals surface area contributed by atoms with Crippen molar-refractivity contribution >= 4 is 17.5 Å². The lowest BCUT2D eigenvalue weighted by molar-refractivity contribution is -0.137. The number of hydrazine groups is 1. The van der Waals surface area contributed by atoms with E-state index < -0.39 is 11.7 Å². The highest BCUT2D eigenvalue weighted by atomic mass is 19.4. The first-order valence-electron chi connectivity index (χ1n) is 11.2. The lowest BCUT2D eigenvalue weighted by Crippen LogP contribution is -2.57. The molecule has 1 aromatic heterocycles. The Morgan fingerprint density at radius 1 is 0.943 bits per heavy atom. The number of aromatic nitrogens is 2. The molecule has 2 heterocycles. The molecular weight excluding hydrogens is 459 g/mol. The van der Waals surface area contributed by atoms with Crippen LogP contribution in [0.3, 0.4) is 0 Å². The van der Waals surface area contributed by atoms with E-state index in [2.05, 4.69) is 5.10 Å². The van der Waals surface area contributed by atoms with Gasteiger partial charge in [-0.15, -0.1) is 0 Å². The zero-order valence-electron chi connectivity index (χ0n) is 19.5. The number of hydrogen-bond acceptors (Lipinski definition) is 4. The fourth-order valence-electron chi connectivity index (χ4n) is 4.11. The number of amides is 2. The highest BCUT2D eigenvalue weighted by molar-refractivity contribution is 6.05. The van der Waals surface area contributed by atoms with Crippen LogP contribution in [0.5, 0.6) is 0 Å². The van der Waals surface area contributed by atoms with Gasteiger partial charge in [0.1, 0.15) is 6.54 Å². The normalized spacial score (nSPS) is 14.7. The highest BCUT2D eigenvalue weighted by Gasteiger charge is 2.32. The Kier molecular flexibility index (Phi) is 6.93. The van der Waals surface area contributed by atoms with E-state index in [4.69, 9.17) is 0 Å². The summed E-state index contributed by atoms with van der Waals surface area (Å²) >= 11 is 0. The maximum atomic E-state index is 13.4. The van der Waals surface area contributed by atoms with E-state index in [1.807, 2.05) is 19.9 Å². The second kappa shape index (κ2) is 9.91. The van der Waals surface area contributed by atoms with Crippen molar-refractivity contribution in [3.8, 4) is 0 Å². The summed E-state index contributed by atoms with van der Waals surface area (Å²) in [7, 11) is 0. The molecule has 7 nitrogen and oxygen atoms in total. The van der Waals surface area contributed by atoms with Gasteiger partial charge < -0.3 is 4.90 Å². The molecule has 184 valence electrons. The number of nitrogens with zero attached hydrogens (tertiary/aromatic N) is 5. The van der Waals surface area contributed by atoms with Gasteiger partial charge in [-0.25, -0.2) is 10.0 Å². The predicted octanol–water partition coefficient (Wildman–Crippen LogP) is 3.92. The average Bonchev–Trinajstić information content (AvgIpc) is 3.16. The molecule has 1 aliphatic heterocycles. The molecule has 0 unspecified atom stereocenters. The minimum Gasteiger partial charge on any atom is -0.338 e. The average molecular weight is 486 g/mol. The van der Waals surface area contributed by atoms with Crippen LogP contribution in [0.4, 0.5) is 18.9 Å². The molecule has 0 spiro atoms. The van der Waals surface area contributed by atoms with Gasteiger partial charge in [0.05, 0.1) is 16.9 Å². The van der Waals surface area contributed by atoms with Crippen molar-refractivity contribution in [1.29, 1.82) is 0 Å². The molecule has 10 heteroatoms. The number of hydrogen-bond donors (Lipinski definition) is 0. The van der Waals surface area contributed by atoms with E-state index in [1.54, 1.807) is 44.9 Å². The monoisotopic (exact) mass is 485 g/mol. The first kappa shape index (κ1) is 24.5. The van der Waals surface area contributed by atoms with Crippen molar-refractivity contribution in [2.75, 3.05) is 31.2 Å². The van der Waals surface area contributed by atoms with Crippen molar-refractivity contribution < 1.29 is 22.8 Å². The summed E-state index contributed by atoms with van der Waals surface area (Å²) in [6, 6.07) is 15.0. The molecule has 0 bridgehead atoms. The number of carbonyl (C=O) groups excluding carboxylic acids is 2. The Bertz CT molecular complexity index is 1180. The van der Waals surface area contributed by atoms with Gasteiger partial charge in [-0.05, 0) is 56.3 Å². The van der Waals surface area contributed by atoms with Crippen molar-refractivity contribution in [2.45, 2.75) is 26.6 Å². The molecule has 35 heavy (non-hydrogen) atoms. The quantitative estimate of drug-likeness (QED) is 0.550. The van der Waals surface area contributed by atoms with Crippen LogP contribution in [0.15, 0.2) is 60.7 Å². The maximum Gasteiger partial charge on any atom is 0.416 e. The van der Waals surface area contributed by atoms with Crippen LogP contribution >= 0.6 is 0 Å². The number of alkyl halides is 3. The largest absolute Gasteiger partial charge is 0.416 e. The smallest absolute Gasteiger partial charge is 0.338 e. The van der Waals surface area contributed by atoms with Gasteiger partial charge in [0.25, 0.3) is 5.91 Å². The van der Waals surface area contributed by atoms with Crippen molar-refractivity contribution in [3.05, 3.63) is 83.2 Å². The minimum atomic E-state index is -4.47. The summed E-state index contributed by atoms with van der Waals surface area (Å²) in [6.45, 7) is 5.33. The first-order chi connectivity index (χ1) is 16.6. The van der Waals surface area contributed by atoms with Crippen molar-refractivity contribution in [3.63, 3.8) is 0 Å². The number of rotatable bonds is 5. The first-order valence-corrected chi connectivity index (χ1v) is 11.2. The molecule has 4 rings (SSSR count). The zero-order valence-corrected chi connectivity index (χ0v) is 19.5. The molecule has 0 N–H and O–H groups in total. The van der Waals surface area contributed by atoms with E-state index in [-0.39, 0.29) is 18.4 Å². The molecule has 0 saturated carbocycles. The minimum absolute atomic E-state index is 0.0775. The third-order valence-electron chi connectivity index (χ3n) is 5.93. The van der Waals surface area contributed by atoms with Gasteiger partial charge in [-0.1, -0.05) is 18.2 Å². The standard InChI is InChI=1S/C25H26F3N5O2/c1-18-16-19(2)32(29-18)17-23(34)30-12-14-31(15-13-30)33(24(35)20-6-4-3-5-7-20)22-10-8-21(9-11-22)25(26,27)28/h3-11,16H,12-15,17H2,1-2H3. The third-order valence-corrected chi connectivity index (χ3v) is 5.93. The van der Waals surface area contributed by atoms with E-state index in [0.29, 0.717) is 37.4 Å². The summed E-state index contributed by atoms with van der Waals surface area (Å²) in [6.07, 6.45) is -4.47. The van der Waals surface area contributed by atoms with E-state index in [0.717, 1.165) is 23.5 Å². The van der Waals surface area contributed by atoms with Crippen LogP contribution in [0.25, 0.3) is 0 Å². The molecular formula is C25H26F3N5O2. The Morgan fingerprint density at radius 3 is 2.11 bits per heavy atom. The SMILES string of the molecule is Cc1cc(C)n(CC(=O)N2CCN(N(C(=O)c3ccccc3)c3ccc(C(F)(F)F)cc3)CC2)n1. The topological polar surface area (TPSA) is 61.7 Å². The van der Waals surface area contributed by atoms with Gasteiger partial charge in [0.15, 0.2) is 0 Å². The summed E-state index contributed by atoms with van der Waals surface area (Å²) in [5.74, 6) is -0.431. The fraction of sp³-hybridized carbons (Fsp3) is 0.320. The Labute approximate surface area is 201 Å².